The van der Waals surface area contributed by atoms with Crippen molar-refractivity contribution in [1.29, 1.82) is 0 Å². The number of nitrogens with zero attached hydrogens (tertiary/aromatic N) is 2. The molecule has 3 aromatic rings. The van der Waals surface area contributed by atoms with Crippen molar-refractivity contribution in [1.82, 2.24) is 15.1 Å². The van der Waals surface area contributed by atoms with Crippen molar-refractivity contribution in [3.63, 3.8) is 0 Å². The maximum atomic E-state index is 12.6. The van der Waals surface area contributed by atoms with Gasteiger partial charge in [0.15, 0.2) is 5.69 Å². The molecule has 1 N–H and O–H groups in total. The number of hydrogen-bond acceptors (Lipinski definition) is 4. The molecule has 1 aliphatic rings. The van der Waals surface area contributed by atoms with Crippen molar-refractivity contribution in [2.24, 2.45) is 0 Å². The number of amides is 1. The maximum absolute atomic E-state index is 12.6. The normalized spacial score (nSPS) is 12.4. The van der Waals surface area contributed by atoms with E-state index in [4.69, 9.17) is 4.74 Å². The van der Waals surface area contributed by atoms with Crippen molar-refractivity contribution < 1.29 is 14.3 Å². The molecule has 6 heteroatoms. The van der Waals surface area contributed by atoms with Gasteiger partial charge in [-0.25, -0.2) is 4.68 Å². The fraction of sp³-hybridized carbons (Fsp3) is 0.227. The third-order valence-corrected chi connectivity index (χ3v) is 4.78. The Labute approximate surface area is 163 Å². The lowest BCUT2D eigenvalue weighted by atomic mass is 10.2. The third kappa shape index (κ3) is 3.81. The number of nitrogens with one attached hydrogen (secondary N) is 1. The third-order valence-electron chi connectivity index (χ3n) is 4.78. The number of carbonyl (C=O) groups excluding carboxylic acids is 2. The van der Waals surface area contributed by atoms with E-state index in [1.807, 2.05) is 65.3 Å². The second kappa shape index (κ2) is 8.08. The highest BCUT2D eigenvalue weighted by Gasteiger charge is 2.27. The molecule has 0 unspecified atom stereocenters. The molecule has 0 saturated heterocycles. The van der Waals surface area contributed by atoms with Gasteiger partial charge in [-0.3, -0.25) is 9.59 Å². The van der Waals surface area contributed by atoms with E-state index < -0.39 is 5.97 Å². The van der Waals surface area contributed by atoms with E-state index in [0.717, 1.165) is 41.8 Å². The highest BCUT2D eigenvalue weighted by atomic mass is 16.5. The highest BCUT2D eigenvalue weighted by molar-refractivity contribution is 5.96. The van der Waals surface area contributed by atoms with E-state index in [2.05, 4.69) is 10.4 Å². The number of hydrogen-bond donors (Lipinski definition) is 1. The number of fused-ring (bicyclic) bond motifs is 1. The first-order chi connectivity index (χ1) is 13.7. The Kier molecular flexibility index (Phi) is 5.19. The minimum absolute atomic E-state index is 0.182. The Morgan fingerprint density at radius 3 is 2.46 bits per heavy atom. The van der Waals surface area contributed by atoms with E-state index >= 15 is 0 Å². The summed E-state index contributed by atoms with van der Waals surface area (Å²) in [4.78, 5) is 24.6. The van der Waals surface area contributed by atoms with Gasteiger partial charge in [-0.1, -0.05) is 48.5 Å². The summed E-state index contributed by atoms with van der Waals surface area (Å²) in [5, 5.41) is 7.17. The monoisotopic (exact) mass is 375 g/mol. The van der Waals surface area contributed by atoms with Crippen LogP contribution in [0.1, 0.15) is 33.7 Å². The van der Waals surface area contributed by atoms with E-state index in [1.54, 1.807) is 0 Å². The number of ether oxygens (including phenoxy) is 1. The van der Waals surface area contributed by atoms with Gasteiger partial charge in [0.1, 0.15) is 13.2 Å². The van der Waals surface area contributed by atoms with Crippen LogP contribution in [0.25, 0.3) is 5.69 Å². The molecule has 4 rings (SSSR count). The van der Waals surface area contributed by atoms with Gasteiger partial charge in [0.25, 0.3) is 5.91 Å². The van der Waals surface area contributed by atoms with Crippen LogP contribution in [0.2, 0.25) is 0 Å². The zero-order valence-corrected chi connectivity index (χ0v) is 15.4. The minimum Gasteiger partial charge on any atom is -0.460 e. The average molecular weight is 375 g/mol. The number of esters is 1. The van der Waals surface area contributed by atoms with Crippen LogP contribution in [-0.2, 0) is 29.0 Å². The molecular formula is C22H21N3O3. The summed E-state index contributed by atoms with van der Waals surface area (Å²) in [5.41, 5.74) is 4.28. The maximum Gasteiger partial charge on any atom is 0.325 e. The predicted octanol–water partition coefficient (Wildman–Crippen LogP) is 2.83. The van der Waals surface area contributed by atoms with Crippen molar-refractivity contribution in [2.75, 3.05) is 6.54 Å². The summed E-state index contributed by atoms with van der Waals surface area (Å²) in [6, 6.07) is 19.2. The van der Waals surface area contributed by atoms with Crippen LogP contribution in [0.5, 0.6) is 0 Å². The lowest BCUT2D eigenvalue weighted by molar-refractivity contribution is -0.143. The van der Waals surface area contributed by atoms with Crippen LogP contribution < -0.4 is 5.32 Å². The van der Waals surface area contributed by atoms with Gasteiger partial charge in [0.05, 0.1) is 5.69 Å². The fourth-order valence-electron chi connectivity index (χ4n) is 3.43. The van der Waals surface area contributed by atoms with E-state index in [9.17, 15) is 9.59 Å². The topological polar surface area (TPSA) is 73.2 Å². The molecule has 1 aliphatic carbocycles. The Hall–Kier alpha value is -3.41. The van der Waals surface area contributed by atoms with Crippen LogP contribution in [0.4, 0.5) is 0 Å². The van der Waals surface area contributed by atoms with Gasteiger partial charge in [-0.15, -0.1) is 0 Å². The number of rotatable bonds is 6. The number of benzene rings is 2. The van der Waals surface area contributed by atoms with Crippen LogP contribution in [0.3, 0.4) is 0 Å². The Balaban J connectivity index is 1.41. The van der Waals surface area contributed by atoms with Gasteiger partial charge in [0, 0.05) is 11.3 Å². The lowest BCUT2D eigenvalue weighted by Crippen LogP contribution is -2.31. The van der Waals surface area contributed by atoms with Crippen molar-refractivity contribution in [3.05, 3.63) is 83.2 Å². The molecule has 0 radical (unpaired) electrons. The minimum atomic E-state index is -0.476. The zero-order valence-electron chi connectivity index (χ0n) is 15.4. The first kappa shape index (κ1) is 18.0. The van der Waals surface area contributed by atoms with Crippen LogP contribution >= 0.6 is 0 Å². The molecular weight excluding hydrogens is 354 g/mol. The zero-order chi connectivity index (χ0) is 19.3. The first-order valence-electron chi connectivity index (χ1n) is 9.36. The number of para-hydroxylation sites is 1. The van der Waals surface area contributed by atoms with E-state index in [0.29, 0.717) is 5.69 Å². The average Bonchev–Trinajstić information content (AvgIpc) is 3.35. The molecule has 1 heterocycles. The van der Waals surface area contributed by atoms with Gasteiger partial charge >= 0.3 is 5.97 Å². The van der Waals surface area contributed by atoms with Crippen molar-refractivity contribution >= 4 is 11.9 Å². The smallest absolute Gasteiger partial charge is 0.325 e. The quantitative estimate of drug-likeness (QED) is 0.673. The summed E-state index contributed by atoms with van der Waals surface area (Å²) in [6.45, 7) is 0.00616. The molecule has 0 aliphatic heterocycles. The molecule has 2 aromatic carbocycles. The lowest BCUT2D eigenvalue weighted by Gasteiger charge is -2.06. The standard InChI is InChI=1S/C22H21N3O3/c26-20(28-15-16-8-3-1-4-9-16)14-23-22(27)21-18-12-7-13-19(18)25(24-21)17-10-5-2-6-11-17/h1-6,8-11H,7,12-15H2,(H,23,27). The summed E-state index contributed by atoms with van der Waals surface area (Å²) in [7, 11) is 0. The largest absolute Gasteiger partial charge is 0.460 e. The molecule has 1 aromatic heterocycles. The SMILES string of the molecule is O=C(CNC(=O)c1nn(-c2ccccc2)c2c1CCC2)OCc1ccccc1. The molecule has 0 saturated carbocycles. The summed E-state index contributed by atoms with van der Waals surface area (Å²) in [5.74, 6) is -0.819. The van der Waals surface area contributed by atoms with Gasteiger partial charge < -0.3 is 10.1 Å². The molecule has 0 fully saturated rings. The number of aromatic nitrogens is 2. The van der Waals surface area contributed by atoms with E-state index in [-0.39, 0.29) is 19.1 Å². The van der Waals surface area contributed by atoms with Crippen LogP contribution in [-0.4, -0.2) is 28.2 Å². The van der Waals surface area contributed by atoms with Crippen molar-refractivity contribution in [2.45, 2.75) is 25.9 Å². The summed E-state index contributed by atoms with van der Waals surface area (Å²) < 4.78 is 7.04. The molecule has 1 amide bonds. The summed E-state index contributed by atoms with van der Waals surface area (Å²) in [6.07, 6.45) is 2.71. The van der Waals surface area contributed by atoms with Gasteiger partial charge in [-0.2, -0.15) is 5.10 Å². The first-order valence-corrected chi connectivity index (χ1v) is 9.36. The second-order valence-corrected chi connectivity index (χ2v) is 6.70. The second-order valence-electron chi connectivity index (χ2n) is 6.70. The molecule has 6 nitrogen and oxygen atoms in total. The molecule has 142 valence electrons. The van der Waals surface area contributed by atoms with Crippen LogP contribution in [0, 0.1) is 0 Å². The number of carbonyl (C=O) groups is 2. The van der Waals surface area contributed by atoms with Gasteiger partial charge in [0.2, 0.25) is 0 Å². The molecule has 0 atom stereocenters. The molecule has 0 spiro atoms. The van der Waals surface area contributed by atoms with Gasteiger partial charge in [-0.05, 0) is 37.0 Å². The predicted molar refractivity (Wildman–Crippen MR) is 104 cm³/mol. The Bertz CT molecular complexity index is 981. The molecule has 0 bridgehead atoms. The van der Waals surface area contributed by atoms with Crippen LogP contribution in [0.15, 0.2) is 60.7 Å². The van der Waals surface area contributed by atoms with Crippen molar-refractivity contribution in [3.8, 4) is 5.69 Å². The Morgan fingerprint density at radius 1 is 1.00 bits per heavy atom. The summed E-state index contributed by atoms with van der Waals surface area (Å²) >= 11 is 0. The fourth-order valence-corrected chi connectivity index (χ4v) is 3.43. The highest BCUT2D eigenvalue weighted by Crippen LogP contribution is 2.27. The Morgan fingerprint density at radius 2 is 1.71 bits per heavy atom. The molecule has 28 heavy (non-hydrogen) atoms. The van der Waals surface area contributed by atoms with E-state index in [1.165, 1.54) is 0 Å².